The molecule has 0 bridgehead atoms. The molecule has 8 heteroatoms. The molecular formula is C27H33N3O5. The fourth-order valence-electron chi connectivity index (χ4n) is 3.71. The largest absolute Gasteiger partial charge is 0.489 e. The van der Waals surface area contributed by atoms with Crippen molar-refractivity contribution in [2.45, 2.75) is 53.7 Å². The molecule has 8 nitrogen and oxygen atoms in total. The van der Waals surface area contributed by atoms with Crippen LogP contribution >= 0.6 is 0 Å². The quantitative estimate of drug-likeness (QED) is 0.394. The smallest absolute Gasteiger partial charge is 0.310 e. The van der Waals surface area contributed by atoms with E-state index in [0.717, 1.165) is 34.8 Å². The topological polar surface area (TPSA) is 93.9 Å². The van der Waals surface area contributed by atoms with Crippen molar-refractivity contribution in [2.24, 2.45) is 0 Å². The highest BCUT2D eigenvalue weighted by molar-refractivity contribution is 5.93. The number of carbonyl (C=O) groups excluding carboxylic acids is 2. The lowest BCUT2D eigenvalue weighted by atomic mass is 10.1. The summed E-state index contributed by atoms with van der Waals surface area (Å²) >= 11 is 0. The number of rotatable bonds is 11. The summed E-state index contributed by atoms with van der Waals surface area (Å²) in [5.41, 5.74) is 4.23. The van der Waals surface area contributed by atoms with Crippen molar-refractivity contribution in [3.63, 3.8) is 0 Å². The van der Waals surface area contributed by atoms with E-state index < -0.39 is 5.97 Å². The van der Waals surface area contributed by atoms with Crippen LogP contribution in [0.3, 0.4) is 0 Å². The summed E-state index contributed by atoms with van der Waals surface area (Å²) in [6.07, 6.45) is 0.0637. The normalized spacial score (nSPS) is 10.8. The lowest BCUT2D eigenvalue weighted by Gasteiger charge is -2.27. The van der Waals surface area contributed by atoms with Gasteiger partial charge in [0, 0.05) is 24.0 Å². The molecule has 3 aromatic rings. The van der Waals surface area contributed by atoms with Crippen LogP contribution in [0, 0.1) is 13.8 Å². The van der Waals surface area contributed by atoms with Crippen molar-refractivity contribution < 1.29 is 23.6 Å². The van der Waals surface area contributed by atoms with Crippen molar-refractivity contribution >= 4 is 23.3 Å². The number of hydrogen-bond acceptors (Lipinski definition) is 7. The summed E-state index contributed by atoms with van der Waals surface area (Å²) in [7, 11) is 0. The Bertz CT molecular complexity index is 1100. The van der Waals surface area contributed by atoms with Crippen LogP contribution in [-0.2, 0) is 27.4 Å². The highest BCUT2D eigenvalue weighted by Crippen LogP contribution is 2.20. The standard InChI is InChI=1S/C27H33N3O5/c1-6-30(18(2)3)23-11-9-22(10-12-23)28-26(31)17-34-27(32)15-21-7-13-24(14-8-21)33-16-25-19(4)29-35-20(25)5/h7-14,18H,6,15-17H2,1-5H3,(H,28,31). The minimum Gasteiger partial charge on any atom is -0.489 e. The predicted octanol–water partition coefficient (Wildman–Crippen LogP) is 4.83. The molecule has 1 heterocycles. The molecule has 0 saturated carbocycles. The second-order valence-electron chi connectivity index (χ2n) is 8.55. The molecule has 0 radical (unpaired) electrons. The third-order valence-corrected chi connectivity index (χ3v) is 5.65. The van der Waals surface area contributed by atoms with Crippen molar-refractivity contribution in [2.75, 3.05) is 23.4 Å². The van der Waals surface area contributed by atoms with Crippen LogP contribution in [0.1, 0.15) is 43.4 Å². The zero-order valence-electron chi connectivity index (χ0n) is 21.0. The van der Waals surface area contributed by atoms with Gasteiger partial charge in [-0.25, -0.2) is 0 Å². The first-order valence-electron chi connectivity index (χ1n) is 11.7. The first kappa shape index (κ1) is 25.8. The molecule has 0 saturated heterocycles. The number of nitrogens with one attached hydrogen (secondary N) is 1. The number of hydrogen-bond donors (Lipinski definition) is 1. The average molecular weight is 480 g/mol. The van der Waals surface area contributed by atoms with E-state index in [9.17, 15) is 9.59 Å². The molecule has 0 aliphatic rings. The van der Waals surface area contributed by atoms with Crippen LogP contribution in [0.25, 0.3) is 0 Å². The molecule has 0 aliphatic heterocycles. The number of aryl methyl sites for hydroxylation is 2. The van der Waals surface area contributed by atoms with Crippen LogP contribution in [0.2, 0.25) is 0 Å². The van der Waals surface area contributed by atoms with Crippen molar-refractivity contribution in [1.29, 1.82) is 0 Å². The summed E-state index contributed by atoms with van der Waals surface area (Å²) in [6, 6.07) is 15.2. The molecule has 2 aromatic carbocycles. The number of esters is 1. The Morgan fingerprint density at radius 1 is 1.06 bits per heavy atom. The second kappa shape index (κ2) is 12.1. The van der Waals surface area contributed by atoms with Crippen molar-refractivity contribution in [3.05, 3.63) is 71.1 Å². The van der Waals surface area contributed by atoms with E-state index in [4.69, 9.17) is 14.0 Å². The lowest BCUT2D eigenvalue weighted by Crippen LogP contribution is -2.30. The molecule has 0 spiro atoms. The van der Waals surface area contributed by atoms with Gasteiger partial charge in [0.05, 0.1) is 17.7 Å². The summed E-state index contributed by atoms with van der Waals surface area (Å²) in [4.78, 5) is 26.6. The van der Waals surface area contributed by atoms with Crippen LogP contribution in [0.4, 0.5) is 11.4 Å². The second-order valence-corrected chi connectivity index (χ2v) is 8.55. The van der Waals surface area contributed by atoms with Crippen LogP contribution in [-0.4, -0.2) is 36.2 Å². The Labute approximate surface area is 206 Å². The van der Waals surface area contributed by atoms with Gasteiger partial charge in [-0.05, 0) is 76.6 Å². The van der Waals surface area contributed by atoms with E-state index in [0.29, 0.717) is 24.1 Å². The number of anilines is 2. The third kappa shape index (κ3) is 7.34. The van der Waals surface area contributed by atoms with Crippen LogP contribution in [0.5, 0.6) is 5.75 Å². The molecule has 35 heavy (non-hydrogen) atoms. The predicted molar refractivity (Wildman–Crippen MR) is 135 cm³/mol. The number of carbonyl (C=O) groups is 2. The molecular weight excluding hydrogens is 446 g/mol. The van der Waals surface area contributed by atoms with Gasteiger partial charge in [0.25, 0.3) is 5.91 Å². The Morgan fingerprint density at radius 3 is 2.31 bits per heavy atom. The summed E-state index contributed by atoms with van der Waals surface area (Å²) in [5.74, 6) is 0.543. The summed E-state index contributed by atoms with van der Waals surface area (Å²) in [6.45, 7) is 11.0. The molecule has 0 aliphatic carbocycles. The molecule has 1 aromatic heterocycles. The van der Waals surface area contributed by atoms with E-state index in [1.165, 1.54) is 0 Å². The maximum Gasteiger partial charge on any atom is 0.310 e. The fraction of sp³-hybridized carbons (Fsp3) is 0.370. The molecule has 1 N–H and O–H groups in total. The van der Waals surface area contributed by atoms with Gasteiger partial charge in [0.2, 0.25) is 0 Å². The fourth-order valence-corrected chi connectivity index (χ4v) is 3.71. The maximum absolute atomic E-state index is 12.2. The average Bonchev–Trinajstić information content (AvgIpc) is 3.15. The highest BCUT2D eigenvalue weighted by atomic mass is 16.5. The minimum atomic E-state index is -0.476. The minimum absolute atomic E-state index is 0.0637. The van der Waals surface area contributed by atoms with Gasteiger partial charge in [-0.15, -0.1) is 0 Å². The van der Waals surface area contributed by atoms with Gasteiger partial charge in [-0.1, -0.05) is 17.3 Å². The molecule has 3 rings (SSSR count). The number of benzene rings is 2. The van der Waals surface area contributed by atoms with Crippen molar-refractivity contribution in [1.82, 2.24) is 5.16 Å². The number of aromatic nitrogens is 1. The maximum atomic E-state index is 12.2. The van der Waals surface area contributed by atoms with Gasteiger partial charge in [-0.3, -0.25) is 9.59 Å². The number of amides is 1. The first-order chi connectivity index (χ1) is 16.8. The third-order valence-electron chi connectivity index (χ3n) is 5.65. The zero-order chi connectivity index (χ0) is 25.4. The highest BCUT2D eigenvalue weighted by Gasteiger charge is 2.12. The molecule has 0 atom stereocenters. The van der Waals surface area contributed by atoms with Gasteiger partial charge in [-0.2, -0.15) is 0 Å². The Balaban J connectivity index is 1.42. The van der Waals surface area contributed by atoms with Crippen LogP contribution in [0.15, 0.2) is 53.1 Å². The number of nitrogens with zero attached hydrogens (tertiary/aromatic N) is 2. The summed E-state index contributed by atoms with van der Waals surface area (Å²) < 4.78 is 16.0. The van der Waals surface area contributed by atoms with E-state index in [1.54, 1.807) is 24.3 Å². The van der Waals surface area contributed by atoms with E-state index in [2.05, 4.69) is 36.1 Å². The Hall–Kier alpha value is -3.81. The van der Waals surface area contributed by atoms with Crippen LogP contribution < -0.4 is 15.0 Å². The molecule has 186 valence electrons. The lowest BCUT2D eigenvalue weighted by molar-refractivity contribution is -0.146. The Morgan fingerprint density at radius 2 is 1.74 bits per heavy atom. The summed E-state index contributed by atoms with van der Waals surface area (Å²) in [5, 5.41) is 6.66. The SMILES string of the molecule is CCN(c1ccc(NC(=O)COC(=O)Cc2ccc(OCc3c(C)noc3C)cc2)cc1)C(C)C. The molecule has 0 unspecified atom stereocenters. The van der Waals surface area contributed by atoms with Crippen molar-refractivity contribution in [3.8, 4) is 5.75 Å². The van der Waals surface area contributed by atoms with E-state index >= 15 is 0 Å². The molecule has 0 fully saturated rings. The van der Waals surface area contributed by atoms with E-state index in [1.807, 2.05) is 38.1 Å². The molecule has 1 amide bonds. The van der Waals surface area contributed by atoms with Gasteiger partial charge >= 0.3 is 5.97 Å². The Kier molecular flexibility index (Phi) is 8.89. The monoisotopic (exact) mass is 479 g/mol. The number of ether oxygens (including phenoxy) is 2. The van der Waals surface area contributed by atoms with Gasteiger partial charge in [0.15, 0.2) is 6.61 Å². The van der Waals surface area contributed by atoms with Gasteiger partial charge < -0.3 is 24.2 Å². The zero-order valence-corrected chi connectivity index (χ0v) is 21.0. The van der Waals surface area contributed by atoms with Gasteiger partial charge in [0.1, 0.15) is 18.1 Å². The van der Waals surface area contributed by atoms with E-state index in [-0.39, 0.29) is 18.9 Å². The first-order valence-corrected chi connectivity index (χ1v) is 11.7.